The predicted octanol–water partition coefficient (Wildman–Crippen LogP) is 6.17. The maximum Gasteiger partial charge on any atom is 0.0116 e. The summed E-state index contributed by atoms with van der Waals surface area (Å²) in [6.07, 6.45) is 9.47. The summed E-state index contributed by atoms with van der Waals surface area (Å²) in [6, 6.07) is 9.01. The van der Waals surface area contributed by atoms with Crippen molar-refractivity contribution in [3.05, 3.63) is 41.3 Å². The van der Waals surface area contributed by atoms with Crippen molar-refractivity contribution in [1.82, 2.24) is 0 Å². The molecule has 1 saturated carbocycles. The first-order valence-corrected chi connectivity index (χ1v) is 8.37. The van der Waals surface area contributed by atoms with Crippen LogP contribution >= 0.6 is 11.8 Å². The Morgan fingerprint density at radius 3 is 2.21 bits per heavy atom. The van der Waals surface area contributed by atoms with Crippen molar-refractivity contribution in [3.8, 4) is 0 Å². The van der Waals surface area contributed by atoms with Crippen molar-refractivity contribution in [1.29, 1.82) is 0 Å². The molecule has 0 unspecified atom stereocenters. The van der Waals surface area contributed by atoms with Gasteiger partial charge in [-0.2, -0.15) is 0 Å². The maximum absolute atomic E-state index is 2.42. The van der Waals surface area contributed by atoms with Crippen molar-refractivity contribution >= 4 is 11.8 Å². The highest BCUT2D eigenvalue weighted by Gasteiger charge is 2.13. The molecule has 1 aromatic carbocycles. The van der Waals surface area contributed by atoms with E-state index in [1.807, 2.05) is 11.8 Å². The van der Waals surface area contributed by atoms with Crippen molar-refractivity contribution in [2.75, 3.05) is 0 Å². The lowest BCUT2D eigenvalue weighted by Crippen LogP contribution is -2.10. The summed E-state index contributed by atoms with van der Waals surface area (Å²) >= 11 is 1.85. The molecule has 1 aliphatic carbocycles. The predicted molar refractivity (Wildman–Crippen MR) is 86.7 cm³/mol. The lowest BCUT2D eigenvalue weighted by atomic mass is 9.87. The zero-order valence-electron chi connectivity index (χ0n) is 12.5. The number of hydrogen-bond donors (Lipinski definition) is 0. The van der Waals surface area contributed by atoms with Crippen LogP contribution in [-0.2, 0) is 5.41 Å². The molecule has 1 heteroatoms. The van der Waals surface area contributed by atoms with Crippen LogP contribution in [0.2, 0.25) is 0 Å². The van der Waals surface area contributed by atoms with Gasteiger partial charge in [0, 0.05) is 4.90 Å². The highest BCUT2D eigenvalue weighted by Crippen LogP contribution is 2.28. The first-order valence-electron chi connectivity index (χ1n) is 7.49. The minimum atomic E-state index is 0.251. The summed E-state index contributed by atoms with van der Waals surface area (Å²) in [6.45, 7) is 6.79. The zero-order valence-corrected chi connectivity index (χ0v) is 13.3. The van der Waals surface area contributed by atoms with Crippen LogP contribution in [-0.4, -0.2) is 0 Å². The van der Waals surface area contributed by atoms with Crippen molar-refractivity contribution in [2.24, 2.45) is 5.92 Å². The molecule has 0 saturated heterocycles. The first kappa shape index (κ1) is 14.7. The topological polar surface area (TPSA) is 0 Å². The zero-order chi connectivity index (χ0) is 13.7. The Kier molecular flexibility index (Phi) is 5.15. The fourth-order valence-electron chi connectivity index (χ4n) is 2.59. The van der Waals surface area contributed by atoms with E-state index in [-0.39, 0.29) is 5.41 Å². The Hall–Kier alpha value is -0.690. The Balaban J connectivity index is 1.87. The van der Waals surface area contributed by atoms with Crippen molar-refractivity contribution < 1.29 is 0 Å². The summed E-state index contributed by atoms with van der Waals surface area (Å²) in [5.41, 5.74) is 1.66. The number of hydrogen-bond acceptors (Lipinski definition) is 1. The molecule has 1 aromatic rings. The molecular weight excluding hydrogens is 248 g/mol. The van der Waals surface area contributed by atoms with Gasteiger partial charge >= 0.3 is 0 Å². The van der Waals surface area contributed by atoms with Gasteiger partial charge in [-0.25, -0.2) is 0 Å². The van der Waals surface area contributed by atoms with Gasteiger partial charge in [0.1, 0.15) is 0 Å². The van der Waals surface area contributed by atoms with Gasteiger partial charge in [0.05, 0.1) is 0 Å². The van der Waals surface area contributed by atoms with E-state index in [9.17, 15) is 0 Å². The molecular formula is C18H26S. The molecule has 1 aliphatic rings. The van der Waals surface area contributed by atoms with Crippen LogP contribution in [0.1, 0.15) is 58.4 Å². The van der Waals surface area contributed by atoms with E-state index in [2.05, 4.69) is 56.5 Å². The van der Waals surface area contributed by atoms with E-state index >= 15 is 0 Å². The molecule has 0 spiro atoms. The molecule has 2 rings (SSSR count). The van der Waals surface area contributed by atoms with Crippen LogP contribution < -0.4 is 0 Å². The molecule has 0 aliphatic heterocycles. The van der Waals surface area contributed by atoms with Gasteiger partial charge in [-0.15, -0.1) is 0 Å². The molecule has 0 aromatic heterocycles. The fraction of sp³-hybridized carbons (Fsp3) is 0.556. The fourth-order valence-corrected chi connectivity index (χ4v) is 3.34. The summed E-state index contributed by atoms with van der Waals surface area (Å²) in [5, 5.41) is 2.29. The van der Waals surface area contributed by atoms with Crippen LogP contribution in [0, 0.1) is 5.92 Å². The summed E-state index contributed by atoms with van der Waals surface area (Å²) in [4.78, 5) is 1.35. The van der Waals surface area contributed by atoms with Gasteiger partial charge < -0.3 is 0 Å². The van der Waals surface area contributed by atoms with Crippen LogP contribution in [0.25, 0.3) is 0 Å². The SMILES string of the molecule is CC(C)(C)c1ccc(S/C=C/C2CCCCC2)cc1. The second-order valence-corrected chi connectivity index (χ2v) is 7.60. The third-order valence-electron chi connectivity index (χ3n) is 3.93. The second-order valence-electron chi connectivity index (χ2n) is 6.62. The van der Waals surface area contributed by atoms with Crippen LogP contribution in [0.3, 0.4) is 0 Å². The Morgan fingerprint density at radius 2 is 1.63 bits per heavy atom. The number of rotatable bonds is 3. The smallest absolute Gasteiger partial charge is 0.0116 e. The molecule has 0 N–H and O–H groups in total. The first-order chi connectivity index (χ1) is 9.05. The Morgan fingerprint density at radius 1 is 1.00 bits per heavy atom. The van der Waals surface area contributed by atoms with Gasteiger partial charge in [-0.1, -0.05) is 70.0 Å². The molecule has 19 heavy (non-hydrogen) atoms. The molecule has 0 nitrogen and oxygen atoms in total. The molecule has 104 valence electrons. The monoisotopic (exact) mass is 274 g/mol. The van der Waals surface area contributed by atoms with E-state index in [1.54, 1.807) is 0 Å². The molecule has 1 fully saturated rings. The quantitative estimate of drug-likeness (QED) is 0.594. The van der Waals surface area contributed by atoms with E-state index < -0.39 is 0 Å². The standard InChI is InChI=1S/C18H26S/c1-18(2,3)16-9-11-17(12-10-16)19-14-13-15-7-5-4-6-8-15/h9-15H,4-8H2,1-3H3/b14-13+. The van der Waals surface area contributed by atoms with Crippen LogP contribution in [0.5, 0.6) is 0 Å². The highest BCUT2D eigenvalue weighted by atomic mass is 32.2. The molecule has 0 heterocycles. The van der Waals surface area contributed by atoms with Gasteiger partial charge in [0.25, 0.3) is 0 Å². The number of benzene rings is 1. The van der Waals surface area contributed by atoms with E-state index in [0.717, 1.165) is 5.92 Å². The lowest BCUT2D eigenvalue weighted by molar-refractivity contribution is 0.420. The molecule has 0 radical (unpaired) electrons. The van der Waals surface area contributed by atoms with Gasteiger partial charge in [0.2, 0.25) is 0 Å². The molecule has 0 bridgehead atoms. The molecule has 0 atom stereocenters. The highest BCUT2D eigenvalue weighted by molar-refractivity contribution is 8.02. The summed E-state index contributed by atoms with van der Waals surface area (Å²) in [5.74, 6) is 0.829. The van der Waals surface area contributed by atoms with Gasteiger partial charge in [-0.3, -0.25) is 0 Å². The molecule has 0 amide bonds. The van der Waals surface area contributed by atoms with Crippen molar-refractivity contribution in [3.63, 3.8) is 0 Å². The number of allylic oxidation sites excluding steroid dienone is 1. The normalized spacial score (nSPS) is 18.1. The third kappa shape index (κ3) is 4.72. The van der Waals surface area contributed by atoms with Crippen molar-refractivity contribution in [2.45, 2.75) is 63.2 Å². The summed E-state index contributed by atoms with van der Waals surface area (Å²) < 4.78 is 0. The minimum absolute atomic E-state index is 0.251. The maximum atomic E-state index is 2.42. The largest absolute Gasteiger partial charge is 0.0984 e. The van der Waals surface area contributed by atoms with Crippen LogP contribution in [0.4, 0.5) is 0 Å². The van der Waals surface area contributed by atoms with Crippen LogP contribution in [0.15, 0.2) is 40.6 Å². The van der Waals surface area contributed by atoms with E-state index in [0.29, 0.717) is 0 Å². The second kappa shape index (κ2) is 6.65. The Bertz CT molecular complexity index is 402. The van der Waals surface area contributed by atoms with E-state index in [1.165, 1.54) is 42.6 Å². The third-order valence-corrected chi connectivity index (χ3v) is 4.76. The average molecular weight is 274 g/mol. The number of thioether (sulfide) groups is 1. The van der Waals surface area contributed by atoms with Gasteiger partial charge in [-0.05, 0) is 47.3 Å². The minimum Gasteiger partial charge on any atom is -0.0984 e. The Labute approximate surface area is 122 Å². The average Bonchev–Trinajstić information content (AvgIpc) is 2.39. The van der Waals surface area contributed by atoms with E-state index in [4.69, 9.17) is 0 Å². The van der Waals surface area contributed by atoms with Gasteiger partial charge in [0.15, 0.2) is 0 Å². The lowest BCUT2D eigenvalue weighted by Gasteiger charge is -2.19. The summed E-state index contributed by atoms with van der Waals surface area (Å²) in [7, 11) is 0.